The minimum absolute atomic E-state index is 0.0144. The monoisotopic (exact) mass is 1080 g/mol. The summed E-state index contributed by atoms with van der Waals surface area (Å²) in [6.07, 6.45) is 11.5. The zero-order chi connectivity index (χ0) is 56.0. The number of aryl methyl sites for hydroxylation is 1. The summed E-state index contributed by atoms with van der Waals surface area (Å²) in [7, 11) is -3.54. The van der Waals surface area contributed by atoms with E-state index in [1.807, 2.05) is 0 Å². The van der Waals surface area contributed by atoms with Gasteiger partial charge in [-0.05, 0) is 101 Å². The SMILES string of the molecule is CCCN(CCC)CCCCC(NC(=O)C(NC(=O)CCCC#Cc1cnc(S(C)(=O)=O)nc1)C(C)C)C(=O)NCC(=O)NCOC/C=C/c1c2c(nc3cc(F)c(C)cc13)-c1cc3c(c(=O)n1C2)COC(=O)[C@]3(O)CC. The highest BCUT2D eigenvalue weighted by atomic mass is 32.2. The van der Waals surface area contributed by atoms with Gasteiger partial charge in [0.05, 0.1) is 47.7 Å². The molecule has 0 fully saturated rings. The molecule has 2 aliphatic rings. The van der Waals surface area contributed by atoms with E-state index in [-0.39, 0.29) is 73.9 Å². The third-order valence-corrected chi connectivity index (χ3v) is 14.3. The molecule has 4 amide bonds. The Morgan fingerprint density at radius 2 is 1.70 bits per heavy atom. The van der Waals surface area contributed by atoms with Gasteiger partial charge in [0.1, 0.15) is 31.2 Å². The number of benzene rings is 1. The average molecular weight is 1080 g/mol. The number of nitrogens with zero attached hydrogens (tertiary/aromatic N) is 5. The highest BCUT2D eigenvalue weighted by molar-refractivity contribution is 7.90. The third-order valence-electron chi connectivity index (χ3n) is 13.4. The Hall–Kier alpha value is -6.93. The lowest BCUT2D eigenvalue weighted by Gasteiger charge is -2.31. The first-order valence-electron chi connectivity index (χ1n) is 26.1. The lowest BCUT2D eigenvalue weighted by Crippen LogP contribution is -2.56. The van der Waals surface area contributed by atoms with Crippen molar-refractivity contribution in [3.63, 3.8) is 0 Å². The van der Waals surface area contributed by atoms with Crippen molar-refractivity contribution in [1.82, 2.24) is 45.7 Å². The van der Waals surface area contributed by atoms with Crippen molar-refractivity contribution in [2.24, 2.45) is 5.92 Å². The van der Waals surface area contributed by atoms with E-state index in [0.29, 0.717) is 63.8 Å². The molecule has 4 aromatic rings. The van der Waals surface area contributed by atoms with Gasteiger partial charge in [-0.1, -0.05) is 58.6 Å². The second kappa shape index (κ2) is 26.9. The summed E-state index contributed by atoms with van der Waals surface area (Å²) in [4.78, 5) is 94.8. The second-order valence-electron chi connectivity index (χ2n) is 19.7. The molecule has 5 N–H and O–H groups in total. The van der Waals surface area contributed by atoms with Crippen LogP contribution in [0.1, 0.15) is 126 Å². The number of amides is 4. The molecule has 1 aromatic carbocycles. The molecule has 0 saturated carbocycles. The van der Waals surface area contributed by atoms with Gasteiger partial charge in [-0.3, -0.25) is 24.0 Å². The lowest BCUT2D eigenvalue weighted by atomic mass is 9.86. The Bertz CT molecular complexity index is 3110. The second-order valence-corrected chi connectivity index (χ2v) is 21.6. The predicted octanol–water partition coefficient (Wildman–Crippen LogP) is 4.08. The number of sulfone groups is 1. The maximum atomic E-state index is 15.0. The Kier molecular flexibility index (Phi) is 20.7. The molecule has 0 bridgehead atoms. The number of nitrogens with one attached hydrogen (secondary N) is 4. The molecule has 20 nitrogen and oxygen atoms in total. The minimum Gasteiger partial charge on any atom is -0.458 e. The van der Waals surface area contributed by atoms with Crippen molar-refractivity contribution < 1.29 is 51.4 Å². The van der Waals surface area contributed by atoms with E-state index >= 15 is 0 Å². The van der Waals surface area contributed by atoms with Gasteiger partial charge in [-0.25, -0.2) is 32.6 Å². The number of fused-ring (bicyclic) bond motifs is 5. The van der Waals surface area contributed by atoms with E-state index in [2.05, 4.69) is 61.8 Å². The molecule has 0 saturated heterocycles. The van der Waals surface area contributed by atoms with Crippen molar-refractivity contribution in [3.8, 4) is 23.2 Å². The van der Waals surface area contributed by atoms with Crippen LogP contribution in [0.2, 0.25) is 0 Å². The van der Waals surface area contributed by atoms with Crippen LogP contribution in [-0.2, 0) is 62.0 Å². The number of carbonyl (C=O) groups excluding carboxylic acids is 5. The Morgan fingerprint density at radius 3 is 2.38 bits per heavy atom. The molecule has 6 rings (SSSR count). The van der Waals surface area contributed by atoms with Crippen molar-refractivity contribution >= 4 is 56.4 Å². The number of ether oxygens (including phenoxy) is 2. The van der Waals surface area contributed by atoms with Gasteiger partial charge in [-0.15, -0.1) is 0 Å². The summed E-state index contributed by atoms with van der Waals surface area (Å²) < 4.78 is 50.6. The fourth-order valence-corrected chi connectivity index (χ4v) is 9.73. The van der Waals surface area contributed by atoms with Crippen LogP contribution in [-0.4, -0.2) is 125 Å². The van der Waals surface area contributed by atoms with E-state index in [1.165, 1.54) is 23.0 Å². The summed E-state index contributed by atoms with van der Waals surface area (Å²) in [5.41, 5.74) is 1.09. The Balaban J connectivity index is 1.04. The molecule has 3 aromatic heterocycles. The standard InChI is InChI=1S/C55H70FN9O11S/c1-8-21-64(22-9-2)23-15-14-19-43(62-51(69)48(34(4)5)63-46(66)20-13-11-12-17-36-28-58-54(59-29-36)77(7,73)74)50(68)57-30-47(67)60-33-75-24-16-18-37-38-25-35(6)42(56)27-44(38)61-49-39(37)31-65-45(49)26-41-40(52(65)70)32-76-53(71)55(41,72)10-3/h16,18,25-29,34,43,48,72H,8-11,13-15,19-24,30-33H2,1-7H3,(H,57,68)(H,60,67)(H,62,69)(H,63,66)/b18-16+/t43?,48?,55-/m0/s1. The molecular formula is C55H70FN9O11S. The molecule has 2 unspecified atom stereocenters. The highest BCUT2D eigenvalue weighted by Gasteiger charge is 2.45. The van der Waals surface area contributed by atoms with Crippen LogP contribution in [0.5, 0.6) is 0 Å². The molecule has 0 spiro atoms. The van der Waals surface area contributed by atoms with Gasteiger partial charge in [0.2, 0.25) is 38.6 Å². The van der Waals surface area contributed by atoms with Gasteiger partial charge < -0.3 is 45.3 Å². The van der Waals surface area contributed by atoms with Gasteiger partial charge in [0.25, 0.3) is 5.56 Å². The van der Waals surface area contributed by atoms with Crippen LogP contribution in [0.25, 0.3) is 28.4 Å². The van der Waals surface area contributed by atoms with E-state index < -0.39 is 69.1 Å². The molecule has 2 aliphatic heterocycles. The number of hydrogen-bond donors (Lipinski definition) is 5. The van der Waals surface area contributed by atoms with E-state index in [4.69, 9.17) is 14.5 Å². The van der Waals surface area contributed by atoms with E-state index in [1.54, 1.807) is 52.0 Å². The van der Waals surface area contributed by atoms with Crippen molar-refractivity contribution in [2.45, 2.75) is 135 Å². The Labute approximate surface area is 448 Å². The number of halogens is 1. The summed E-state index contributed by atoms with van der Waals surface area (Å²) in [6, 6.07) is 2.61. The quantitative estimate of drug-likeness (QED) is 0.0172. The van der Waals surface area contributed by atoms with Crippen LogP contribution in [0.15, 0.2) is 46.6 Å². The third kappa shape index (κ3) is 15.0. The van der Waals surface area contributed by atoms with Gasteiger partial charge >= 0.3 is 5.97 Å². The van der Waals surface area contributed by atoms with Crippen LogP contribution < -0.4 is 26.8 Å². The number of rotatable bonds is 26. The van der Waals surface area contributed by atoms with Gasteiger partial charge in [0, 0.05) is 54.1 Å². The zero-order valence-corrected chi connectivity index (χ0v) is 45.7. The van der Waals surface area contributed by atoms with Gasteiger partial charge in [0.15, 0.2) is 5.60 Å². The average Bonchev–Trinajstić information content (AvgIpc) is 3.76. The van der Waals surface area contributed by atoms with Crippen molar-refractivity contribution in [3.05, 3.63) is 86.2 Å². The fourth-order valence-electron chi connectivity index (χ4n) is 9.24. The van der Waals surface area contributed by atoms with Crippen molar-refractivity contribution in [2.75, 3.05) is 45.8 Å². The number of aromatic nitrogens is 4. The van der Waals surface area contributed by atoms with Crippen LogP contribution in [0.4, 0.5) is 4.39 Å². The van der Waals surface area contributed by atoms with Crippen LogP contribution >= 0.6 is 0 Å². The molecule has 0 radical (unpaired) electrons. The number of carbonyl (C=O) groups is 5. The van der Waals surface area contributed by atoms with Gasteiger partial charge in [-0.2, -0.15) is 0 Å². The Morgan fingerprint density at radius 1 is 0.974 bits per heavy atom. The smallest absolute Gasteiger partial charge is 0.343 e. The van der Waals surface area contributed by atoms with Crippen molar-refractivity contribution in [1.29, 1.82) is 0 Å². The molecule has 414 valence electrons. The maximum Gasteiger partial charge on any atom is 0.343 e. The minimum atomic E-state index is -3.54. The molecule has 3 atom stereocenters. The number of cyclic esters (lactones) is 1. The summed E-state index contributed by atoms with van der Waals surface area (Å²) in [6.45, 7) is 13.0. The van der Waals surface area contributed by atoms with Crippen LogP contribution in [0, 0.1) is 30.5 Å². The predicted molar refractivity (Wildman–Crippen MR) is 286 cm³/mol. The first-order valence-corrected chi connectivity index (χ1v) is 28.0. The summed E-state index contributed by atoms with van der Waals surface area (Å²) >= 11 is 0. The zero-order valence-electron chi connectivity index (χ0n) is 44.8. The maximum absolute atomic E-state index is 15.0. The fraction of sp³-hybridized carbons (Fsp3) is 0.509. The number of hydrogen-bond acceptors (Lipinski definition) is 15. The normalized spacial score (nSPS) is 15.5. The number of esters is 1. The molecular weight excluding hydrogens is 1010 g/mol. The number of unbranched alkanes of at least 4 members (excludes halogenated alkanes) is 2. The summed E-state index contributed by atoms with van der Waals surface area (Å²) in [5, 5.41) is 22.5. The molecule has 5 heterocycles. The first-order chi connectivity index (χ1) is 36.7. The lowest BCUT2D eigenvalue weighted by molar-refractivity contribution is -0.172. The highest BCUT2D eigenvalue weighted by Crippen LogP contribution is 2.41. The molecule has 22 heteroatoms. The number of pyridine rings is 2. The number of aliphatic hydroxyl groups is 1. The molecule has 0 aliphatic carbocycles. The topological polar surface area (TPSA) is 270 Å². The summed E-state index contributed by atoms with van der Waals surface area (Å²) in [5.74, 6) is 2.05. The first kappa shape index (κ1) is 59.3. The van der Waals surface area contributed by atoms with E-state index in [0.717, 1.165) is 45.2 Å². The largest absolute Gasteiger partial charge is 0.458 e. The van der Waals surface area contributed by atoms with Crippen LogP contribution in [0.3, 0.4) is 0 Å². The molecule has 77 heavy (non-hydrogen) atoms. The van der Waals surface area contributed by atoms with E-state index in [9.17, 15) is 46.7 Å².